The molecule has 1 aromatic carbocycles. The Balaban J connectivity index is 2.88. The van der Waals surface area contributed by atoms with Crippen LogP contribution in [0.2, 0.25) is 0 Å². The van der Waals surface area contributed by atoms with Gasteiger partial charge in [-0.2, -0.15) is 11.8 Å². The Morgan fingerprint density at radius 2 is 1.88 bits per heavy atom. The lowest BCUT2D eigenvalue weighted by Gasteiger charge is -2.11. The van der Waals surface area contributed by atoms with Crippen LogP contribution in [0.5, 0.6) is 0 Å². The zero-order valence-electron chi connectivity index (χ0n) is 9.56. The normalized spacial score (nSPS) is 10.9. The number of hydrogen-bond donors (Lipinski definition) is 2. The predicted molar refractivity (Wildman–Crippen MR) is 71.9 cm³/mol. The van der Waals surface area contributed by atoms with Gasteiger partial charge in [0, 0.05) is 0 Å². The van der Waals surface area contributed by atoms with Crippen LogP contribution in [0, 0.1) is 0 Å². The summed E-state index contributed by atoms with van der Waals surface area (Å²) in [6, 6.07) is 6.65. The Kier molecular flexibility index (Phi) is 4.83. The molecule has 0 saturated heterocycles. The smallest absolute Gasteiger partial charge is 0.234 e. The average Bonchev–Trinajstić information content (AvgIpc) is 2.19. The zero-order valence-corrected chi connectivity index (χ0v) is 11.2. The van der Waals surface area contributed by atoms with E-state index in [1.165, 1.54) is 11.8 Å². The molecule has 0 aliphatic carbocycles. The molecule has 0 spiro atoms. The second kappa shape index (κ2) is 5.92. The first-order valence-corrected chi connectivity index (χ1v) is 8.06. The molecule has 0 atom stereocenters. The molecule has 0 aliphatic heterocycles. The predicted octanol–water partition coefficient (Wildman–Crippen LogP) is 1.36. The minimum absolute atomic E-state index is 0.166. The molecule has 94 valence electrons. The number of amides is 1. The minimum atomic E-state index is -3.35. The number of carbonyl (C=O) groups excluding carboxylic acids is 1. The summed E-state index contributed by atoms with van der Waals surface area (Å²) >= 11 is 1.40. The van der Waals surface area contributed by atoms with Gasteiger partial charge in [0.05, 0.1) is 23.4 Å². The largest absolute Gasteiger partial charge is 0.324 e. The van der Waals surface area contributed by atoms with Gasteiger partial charge in [0.25, 0.3) is 0 Å². The van der Waals surface area contributed by atoms with Gasteiger partial charge in [0.1, 0.15) is 0 Å². The topological polar surface area (TPSA) is 75.3 Å². The molecule has 0 saturated carbocycles. The molecule has 5 nitrogen and oxygen atoms in total. The van der Waals surface area contributed by atoms with E-state index in [1.54, 1.807) is 24.3 Å². The third-order valence-corrected chi connectivity index (χ3v) is 2.91. The molecule has 0 bridgehead atoms. The summed E-state index contributed by atoms with van der Waals surface area (Å²) in [6.45, 7) is 0. The van der Waals surface area contributed by atoms with E-state index in [9.17, 15) is 13.2 Å². The molecule has 7 heteroatoms. The average molecular weight is 274 g/mol. The van der Waals surface area contributed by atoms with Gasteiger partial charge < -0.3 is 5.32 Å². The Morgan fingerprint density at radius 1 is 1.29 bits per heavy atom. The number of anilines is 2. The maximum atomic E-state index is 11.4. The van der Waals surface area contributed by atoms with Crippen LogP contribution in [0.25, 0.3) is 0 Å². The summed E-state index contributed by atoms with van der Waals surface area (Å²) < 4.78 is 24.6. The molecule has 1 rings (SSSR count). The molecule has 0 unspecified atom stereocenters. The standard InChI is InChI=1S/C10H14N2O3S2/c1-16-7-10(13)11-8-5-3-4-6-9(8)12-17(2,14)15/h3-6,12H,7H2,1-2H3,(H,11,13). The molecule has 1 aromatic rings. The van der Waals surface area contributed by atoms with E-state index >= 15 is 0 Å². The van der Waals surface area contributed by atoms with E-state index in [-0.39, 0.29) is 5.91 Å². The third kappa shape index (κ3) is 5.10. The molecular weight excluding hydrogens is 260 g/mol. The highest BCUT2D eigenvalue weighted by atomic mass is 32.2. The summed E-state index contributed by atoms with van der Waals surface area (Å²) in [5, 5.41) is 2.65. The van der Waals surface area contributed by atoms with Gasteiger partial charge in [-0.15, -0.1) is 0 Å². The summed E-state index contributed by atoms with van der Waals surface area (Å²) in [5.41, 5.74) is 0.821. The van der Waals surface area contributed by atoms with Crippen LogP contribution in [0.4, 0.5) is 11.4 Å². The highest BCUT2D eigenvalue weighted by Crippen LogP contribution is 2.21. The Labute approximate surface area is 105 Å². The zero-order chi connectivity index (χ0) is 12.9. The van der Waals surface area contributed by atoms with Crippen molar-refractivity contribution in [2.24, 2.45) is 0 Å². The van der Waals surface area contributed by atoms with Crippen molar-refractivity contribution in [2.45, 2.75) is 0 Å². The van der Waals surface area contributed by atoms with E-state index in [0.29, 0.717) is 17.1 Å². The monoisotopic (exact) mass is 274 g/mol. The van der Waals surface area contributed by atoms with Crippen LogP contribution in [0.1, 0.15) is 0 Å². The SMILES string of the molecule is CSCC(=O)Nc1ccccc1NS(C)(=O)=O. The second-order valence-electron chi connectivity index (χ2n) is 3.40. The van der Waals surface area contributed by atoms with Gasteiger partial charge in [-0.1, -0.05) is 12.1 Å². The minimum Gasteiger partial charge on any atom is -0.324 e. The summed E-state index contributed by atoms with van der Waals surface area (Å²) in [7, 11) is -3.35. The van der Waals surface area contributed by atoms with Crippen molar-refractivity contribution < 1.29 is 13.2 Å². The quantitative estimate of drug-likeness (QED) is 0.850. The number of nitrogens with one attached hydrogen (secondary N) is 2. The van der Waals surface area contributed by atoms with Crippen molar-refractivity contribution in [3.05, 3.63) is 24.3 Å². The van der Waals surface area contributed by atoms with Gasteiger partial charge in [0.15, 0.2) is 0 Å². The maximum absolute atomic E-state index is 11.4. The van der Waals surface area contributed by atoms with Crippen LogP contribution < -0.4 is 10.0 Å². The number of rotatable bonds is 5. The highest BCUT2D eigenvalue weighted by molar-refractivity contribution is 7.99. The van der Waals surface area contributed by atoms with Gasteiger partial charge >= 0.3 is 0 Å². The van der Waals surface area contributed by atoms with Crippen molar-refractivity contribution >= 4 is 39.1 Å². The van der Waals surface area contributed by atoms with Crippen molar-refractivity contribution in [1.29, 1.82) is 0 Å². The first-order valence-electron chi connectivity index (χ1n) is 4.78. The van der Waals surface area contributed by atoms with Crippen LogP contribution in [0.15, 0.2) is 24.3 Å². The van der Waals surface area contributed by atoms with E-state index in [4.69, 9.17) is 0 Å². The molecule has 17 heavy (non-hydrogen) atoms. The number of para-hydroxylation sites is 2. The number of hydrogen-bond acceptors (Lipinski definition) is 4. The number of benzene rings is 1. The van der Waals surface area contributed by atoms with E-state index in [1.807, 2.05) is 6.26 Å². The Hall–Kier alpha value is -1.21. The summed E-state index contributed by atoms with van der Waals surface area (Å²) in [6.07, 6.45) is 2.88. The number of carbonyl (C=O) groups is 1. The summed E-state index contributed by atoms with van der Waals surface area (Å²) in [5.74, 6) is 0.160. The number of sulfonamides is 1. The van der Waals surface area contributed by atoms with E-state index in [0.717, 1.165) is 6.26 Å². The molecular formula is C10H14N2O3S2. The molecule has 0 fully saturated rings. The van der Waals surface area contributed by atoms with E-state index < -0.39 is 10.0 Å². The second-order valence-corrected chi connectivity index (χ2v) is 6.02. The molecule has 1 amide bonds. The first kappa shape index (κ1) is 13.9. The molecule has 2 N–H and O–H groups in total. The lowest BCUT2D eigenvalue weighted by atomic mass is 10.3. The third-order valence-electron chi connectivity index (χ3n) is 1.77. The first-order chi connectivity index (χ1) is 7.92. The molecule has 0 aromatic heterocycles. The fourth-order valence-electron chi connectivity index (χ4n) is 1.20. The van der Waals surface area contributed by atoms with Crippen LogP contribution >= 0.6 is 11.8 Å². The fourth-order valence-corrected chi connectivity index (χ4v) is 2.11. The van der Waals surface area contributed by atoms with Crippen LogP contribution in [-0.4, -0.2) is 32.6 Å². The fraction of sp³-hybridized carbons (Fsp3) is 0.300. The molecule has 0 aliphatic rings. The van der Waals surface area contributed by atoms with Crippen molar-refractivity contribution in [3.8, 4) is 0 Å². The van der Waals surface area contributed by atoms with Crippen LogP contribution in [0.3, 0.4) is 0 Å². The highest BCUT2D eigenvalue weighted by Gasteiger charge is 2.09. The van der Waals surface area contributed by atoms with Gasteiger partial charge in [-0.05, 0) is 18.4 Å². The van der Waals surface area contributed by atoms with Crippen molar-refractivity contribution in [2.75, 3.05) is 28.3 Å². The van der Waals surface area contributed by atoms with Crippen LogP contribution in [-0.2, 0) is 14.8 Å². The van der Waals surface area contributed by atoms with Gasteiger partial charge in [-0.3, -0.25) is 9.52 Å². The Morgan fingerprint density at radius 3 is 2.41 bits per heavy atom. The van der Waals surface area contributed by atoms with Crippen molar-refractivity contribution in [1.82, 2.24) is 0 Å². The lowest BCUT2D eigenvalue weighted by Crippen LogP contribution is -2.17. The van der Waals surface area contributed by atoms with Crippen molar-refractivity contribution in [3.63, 3.8) is 0 Å². The van der Waals surface area contributed by atoms with Gasteiger partial charge in [0.2, 0.25) is 15.9 Å². The van der Waals surface area contributed by atoms with E-state index in [2.05, 4.69) is 10.0 Å². The lowest BCUT2D eigenvalue weighted by molar-refractivity contribution is -0.113. The Bertz CT molecular complexity index is 500. The maximum Gasteiger partial charge on any atom is 0.234 e. The number of thioether (sulfide) groups is 1. The molecule has 0 heterocycles. The molecule has 0 radical (unpaired) electrons. The van der Waals surface area contributed by atoms with Gasteiger partial charge in [-0.25, -0.2) is 8.42 Å². The summed E-state index contributed by atoms with van der Waals surface area (Å²) in [4.78, 5) is 11.4.